The first-order valence-corrected chi connectivity index (χ1v) is 5.36. The first-order chi connectivity index (χ1) is 8.49. The van der Waals surface area contributed by atoms with E-state index in [1.54, 1.807) is 0 Å². The van der Waals surface area contributed by atoms with Gasteiger partial charge in [-0.3, -0.25) is 9.59 Å². The SMILES string of the molecule is O=C(O)CN1CCc2cc(C(=O)O)ccc2C1=O. The maximum absolute atomic E-state index is 11.9. The van der Waals surface area contributed by atoms with Crippen LogP contribution in [0.25, 0.3) is 0 Å². The second-order valence-electron chi connectivity index (χ2n) is 4.05. The molecular formula is C12H11NO5. The molecule has 0 saturated heterocycles. The molecule has 2 rings (SSSR count). The van der Waals surface area contributed by atoms with E-state index in [9.17, 15) is 14.4 Å². The molecule has 0 unspecified atom stereocenters. The Kier molecular flexibility index (Phi) is 3.01. The normalized spacial score (nSPS) is 14.2. The van der Waals surface area contributed by atoms with Crippen molar-refractivity contribution in [1.29, 1.82) is 0 Å². The quantitative estimate of drug-likeness (QED) is 0.811. The number of rotatable bonds is 3. The Morgan fingerprint density at radius 3 is 2.61 bits per heavy atom. The molecule has 0 atom stereocenters. The number of fused-ring (bicyclic) bond motifs is 1. The second kappa shape index (κ2) is 4.48. The molecule has 1 amide bonds. The highest BCUT2D eigenvalue weighted by molar-refractivity contribution is 5.99. The topological polar surface area (TPSA) is 94.9 Å². The number of hydrogen-bond donors (Lipinski definition) is 2. The van der Waals surface area contributed by atoms with Gasteiger partial charge in [0.15, 0.2) is 0 Å². The smallest absolute Gasteiger partial charge is 0.335 e. The average molecular weight is 249 g/mol. The summed E-state index contributed by atoms with van der Waals surface area (Å²) in [5, 5.41) is 17.5. The van der Waals surface area contributed by atoms with Gasteiger partial charge in [0.05, 0.1) is 5.56 Å². The number of aromatic carboxylic acids is 1. The molecule has 2 N–H and O–H groups in total. The van der Waals surface area contributed by atoms with Crippen molar-refractivity contribution in [2.45, 2.75) is 6.42 Å². The van der Waals surface area contributed by atoms with Gasteiger partial charge in [0.2, 0.25) is 0 Å². The van der Waals surface area contributed by atoms with Crippen LogP contribution in [0.4, 0.5) is 0 Å². The summed E-state index contributed by atoms with van der Waals surface area (Å²) in [6.45, 7) is -0.0415. The third-order valence-electron chi connectivity index (χ3n) is 2.85. The Morgan fingerprint density at radius 2 is 2.00 bits per heavy atom. The zero-order chi connectivity index (χ0) is 13.3. The summed E-state index contributed by atoms with van der Waals surface area (Å²) in [5.41, 5.74) is 1.17. The van der Waals surface area contributed by atoms with Gasteiger partial charge in [-0.15, -0.1) is 0 Å². The van der Waals surface area contributed by atoms with Gasteiger partial charge in [-0.1, -0.05) is 0 Å². The molecule has 0 aromatic heterocycles. The Labute approximate surface area is 102 Å². The summed E-state index contributed by atoms with van der Waals surface area (Å²) >= 11 is 0. The summed E-state index contributed by atoms with van der Waals surface area (Å²) < 4.78 is 0. The van der Waals surface area contributed by atoms with Crippen LogP contribution in [0.2, 0.25) is 0 Å². The van der Waals surface area contributed by atoms with Gasteiger partial charge in [0.25, 0.3) is 5.91 Å². The van der Waals surface area contributed by atoms with Crippen molar-refractivity contribution in [3.05, 3.63) is 34.9 Å². The van der Waals surface area contributed by atoms with Gasteiger partial charge >= 0.3 is 11.9 Å². The molecule has 0 aliphatic carbocycles. The van der Waals surface area contributed by atoms with Gasteiger partial charge in [-0.2, -0.15) is 0 Å². The minimum atomic E-state index is -1.06. The molecule has 0 radical (unpaired) electrons. The van der Waals surface area contributed by atoms with Crippen LogP contribution in [0.1, 0.15) is 26.3 Å². The molecule has 6 heteroatoms. The van der Waals surface area contributed by atoms with Gasteiger partial charge in [-0.25, -0.2) is 4.79 Å². The third kappa shape index (κ3) is 2.17. The molecule has 1 heterocycles. The maximum Gasteiger partial charge on any atom is 0.335 e. The van der Waals surface area contributed by atoms with E-state index in [2.05, 4.69) is 0 Å². The summed E-state index contributed by atoms with van der Waals surface area (Å²) in [7, 11) is 0. The minimum Gasteiger partial charge on any atom is -0.480 e. The van der Waals surface area contributed by atoms with Crippen molar-refractivity contribution in [3.63, 3.8) is 0 Å². The van der Waals surface area contributed by atoms with E-state index in [1.165, 1.54) is 23.1 Å². The van der Waals surface area contributed by atoms with E-state index in [0.29, 0.717) is 24.1 Å². The Morgan fingerprint density at radius 1 is 1.28 bits per heavy atom. The molecule has 1 aliphatic heterocycles. The number of carbonyl (C=O) groups is 3. The molecule has 94 valence electrons. The maximum atomic E-state index is 11.9. The van der Waals surface area contributed by atoms with Crippen LogP contribution in [0.5, 0.6) is 0 Å². The number of carboxylic acids is 2. The second-order valence-corrected chi connectivity index (χ2v) is 4.05. The van der Waals surface area contributed by atoms with E-state index in [0.717, 1.165) is 0 Å². The number of nitrogens with zero attached hydrogens (tertiary/aromatic N) is 1. The molecule has 0 spiro atoms. The largest absolute Gasteiger partial charge is 0.480 e. The van der Waals surface area contributed by atoms with Gasteiger partial charge < -0.3 is 15.1 Å². The first-order valence-electron chi connectivity index (χ1n) is 5.36. The van der Waals surface area contributed by atoms with Crippen molar-refractivity contribution in [2.24, 2.45) is 0 Å². The minimum absolute atomic E-state index is 0.133. The number of carboxylic acid groups (broad SMARTS) is 2. The van der Waals surface area contributed by atoms with Crippen molar-refractivity contribution < 1.29 is 24.6 Å². The van der Waals surface area contributed by atoms with E-state index in [1.807, 2.05) is 0 Å². The lowest BCUT2D eigenvalue weighted by molar-refractivity contribution is -0.137. The van der Waals surface area contributed by atoms with Crippen LogP contribution in [-0.4, -0.2) is 46.0 Å². The van der Waals surface area contributed by atoms with Crippen LogP contribution in [0.15, 0.2) is 18.2 Å². The van der Waals surface area contributed by atoms with E-state index < -0.39 is 11.9 Å². The lowest BCUT2D eigenvalue weighted by Gasteiger charge is -2.27. The Balaban J connectivity index is 2.31. The number of carbonyl (C=O) groups excluding carboxylic acids is 1. The highest BCUT2D eigenvalue weighted by atomic mass is 16.4. The fraction of sp³-hybridized carbons (Fsp3) is 0.250. The Bertz CT molecular complexity index is 537. The van der Waals surface area contributed by atoms with Gasteiger partial charge in [0.1, 0.15) is 6.54 Å². The van der Waals surface area contributed by atoms with Crippen molar-refractivity contribution in [1.82, 2.24) is 4.90 Å². The van der Waals surface area contributed by atoms with Crippen molar-refractivity contribution in [3.8, 4) is 0 Å². The van der Waals surface area contributed by atoms with Crippen molar-refractivity contribution in [2.75, 3.05) is 13.1 Å². The monoisotopic (exact) mass is 249 g/mol. The molecule has 6 nitrogen and oxygen atoms in total. The lowest BCUT2D eigenvalue weighted by atomic mass is 9.96. The molecule has 0 fully saturated rings. The first kappa shape index (κ1) is 12.1. The number of aliphatic carboxylic acids is 1. The zero-order valence-corrected chi connectivity index (χ0v) is 9.42. The summed E-state index contributed by atoms with van der Waals surface area (Å²) in [4.78, 5) is 34.6. The predicted octanol–water partition coefficient (Wildman–Crippen LogP) is 0.468. The number of benzene rings is 1. The van der Waals surface area contributed by atoms with Gasteiger partial charge in [0, 0.05) is 12.1 Å². The van der Waals surface area contributed by atoms with E-state index in [4.69, 9.17) is 10.2 Å². The van der Waals surface area contributed by atoms with Crippen LogP contribution in [0, 0.1) is 0 Å². The molecule has 0 saturated carbocycles. The average Bonchev–Trinajstić information content (AvgIpc) is 2.32. The number of hydrogen-bond acceptors (Lipinski definition) is 3. The summed E-state index contributed by atoms with van der Waals surface area (Å²) in [6.07, 6.45) is 0.468. The number of amides is 1. The van der Waals surface area contributed by atoms with E-state index in [-0.39, 0.29) is 18.0 Å². The fourth-order valence-electron chi connectivity index (χ4n) is 1.98. The zero-order valence-electron chi connectivity index (χ0n) is 9.42. The molecule has 1 aromatic carbocycles. The molecular weight excluding hydrogens is 238 g/mol. The summed E-state index contributed by atoms with van der Waals surface area (Å²) in [6, 6.07) is 4.26. The van der Waals surface area contributed by atoms with Gasteiger partial charge in [-0.05, 0) is 30.2 Å². The standard InChI is InChI=1S/C12H11NO5/c14-10(15)6-13-4-3-7-5-8(12(17)18)1-2-9(7)11(13)16/h1-2,5H,3-4,6H2,(H,14,15)(H,17,18). The Hall–Kier alpha value is -2.37. The lowest BCUT2D eigenvalue weighted by Crippen LogP contribution is -2.40. The molecule has 18 heavy (non-hydrogen) atoms. The molecule has 1 aromatic rings. The highest BCUT2D eigenvalue weighted by Gasteiger charge is 2.26. The molecule has 0 bridgehead atoms. The van der Waals surface area contributed by atoms with Crippen LogP contribution in [0.3, 0.4) is 0 Å². The van der Waals surface area contributed by atoms with Crippen LogP contribution >= 0.6 is 0 Å². The van der Waals surface area contributed by atoms with Crippen LogP contribution in [-0.2, 0) is 11.2 Å². The van der Waals surface area contributed by atoms with Crippen LogP contribution < -0.4 is 0 Å². The highest BCUT2D eigenvalue weighted by Crippen LogP contribution is 2.20. The third-order valence-corrected chi connectivity index (χ3v) is 2.85. The predicted molar refractivity (Wildman–Crippen MR) is 60.6 cm³/mol. The fourth-order valence-corrected chi connectivity index (χ4v) is 1.98. The molecule has 1 aliphatic rings. The summed E-state index contributed by atoms with van der Waals surface area (Å²) in [5.74, 6) is -2.47. The van der Waals surface area contributed by atoms with E-state index >= 15 is 0 Å². The van der Waals surface area contributed by atoms with Crippen molar-refractivity contribution >= 4 is 17.8 Å².